The van der Waals surface area contributed by atoms with Gasteiger partial charge in [0.2, 0.25) is 0 Å². The zero-order chi connectivity index (χ0) is 16.9. The molecule has 3 aromatic rings. The van der Waals surface area contributed by atoms with Gasteiger partial charge >= 0.3 is 0 Å². The SMILES string of the molecule is COc1ccc(Cl)cc1NC(=O)c1ccc(Cn2cncn2)cc1. The summed E-state index contributed by atoms with van der Waals surface area (Å²) in [5, 5.41) is 7.38. The number of carbonyl (C=O) groups is 1. The van der Waals surface area contributed by atoms with Crippen molar-refractivity contribution in [2.24, 2.45) is 0 Å². The zero-order valence-electron chi connectivity index (χ0n) is 12.9. The molecule has 0 bridgehead atoms. The maximum Gasteiger partial charge on any atom is 0.255 e. The second kappa shape index (κ2) is 7.14. The van der Waals surface area contributed by atoms with E-state index < -0.39 is 0 Å². The number of nitrogens with zero attached hydrogens (tertiary/aromatic N) is 3. The van der Waals surface area contributed by atoms with Crippen LogP contribution < -0.4 is 10.1 Å². The number of halogens is 1. The highest BCUT2D eigenvalue weighted by Crippen LogP contribution is 2.28. The number of methoxy groups -OCH3 is 1. The first-order chi connectivity index (χ1) is 11.7. The summed E-state index contributed by atoms with van der Waals surface area (Å²) in [7, 11) is 1.54. The van der Waals surface area contributed by atoms with Crippen LogP contribution in [0.5, 0.6) is 5.75 Å². The van der Waals surface area contributed by atoms with E-state index in [0.29, 0.717) is 28.6 Å². The summed E-state index contributed by atoms with van der Waals surface area (Å²) in [6, 6.07) is 12.3. The number of amides is 1. The molecule has 0 unspecified atom stereocenters. The Morgan fingerprint density at radius 1 is 1.25 bits per heavy atom. The Balaban J connectivity index is 1.72. The summed E-state index contributed by atoms with van der Waals surface area (Å²) in [5.74, 6) is 0.318. The Morgan fingerprint density at radius 3 is 2.71 bits per heavy atom. The van der Waals surface area contributed by atoms with E-state index in [1.54, 1.807) is 41.3 Å². The van der Waals surface area contributed by atoms with Crippen LogP contribution in [0.2, 0.25) is 5.02 Å². The van der Waals surface area contributed by atoms with Crippen LogP contribution in [0, 0.1) is 0 Å². The van der Waals surface area contributed by atoms with Crippen LogP contribution in [0.1, 0.15) is 15.9 Å². The quantitative estimate of drug-likeness (QED) is 0.772. The van der Waals surface area contributed by atoms with Crippen molar-refractivity contribution in [3.8, 4) is 5.75 Å². The topological polar surface area (TPSA) is 69.0 Å². The van der Waals surface area contributed by atoms with Gasteiger partial charge in [0.15, 0.2) is 0 Å². The van der Waals surface area contributed by atoms with Crippen molar-refractivity contribution in [1.29, 1.82) is 0 Å². The fourth-order valence-electron chi connectivity index (χ4n) is 2.24. The van der Waals surface area contributed by atoms with Crippen LogP contribution in [0.4, 0.5) is 5.69 Å². The van der Waals surface area contributed by atoms with Crippen molar-refractivity contribution in [2.45, 2.75) is 6.54 Å². The molecule has 0 fully saturated rings. The molecule has 0 saturated carbocycles. The van der Waals surface area contributed by atoms with E-state index in [0.717, 1.165) is 5.56 Å². The average Bonchev–Trinajstić information content (AvgIpc) is 3.09. The third kappa shape index (κ3) is 3.72. The zero-order valence-corrected chi connectivity index (χ0v) is 13.7. The van der Waals surface area contributed by atoms with E-state index in [1.807, 2.05) is 12.1 Å². The van der Waals surface area contributed by atoms with Gasteiger partial charge < -0.3 is 10.1 Å². The lowest BCUT2D eigenvalue weighted by Crippen LogP contribution is -2.13. The molecule has 6 nitrogen and oxygen atoms in total. The van der Waals surface area contributed by atoms with E-state index in [-0.39, 0.29) is 5.91 Å². The second-order valence-electron chi connectivity index (χ2n) is 5.09. The number of nitrogens with one attached hydrogen (secondary N) is 1. The molecule has 122 valence electrons. The summed E-state index contributed by atoms with van der Waals surface area (Å²) in [6.07, 6.45) is 3.13. The molecule has 1 N–H and O–H groups in total. The molecule has 0 aliphatic carbocycles. The first-order valence-corrected chi connectivity index (χ1v) is 7.60. The van der Waals surface area contributed by atoms with Crippen molar-refractivity contribution in [1.82, 2.24) is 14.8 Å². The Bertz CT molecular complexity index is 832. The fraction of sp³-hybridized carbons (Fsp3) is 0.118. The maximum absolute atomic E-state index is 12.4. The minimum absolute atomic E-state index is 0.233. The van der Waals surface area contributed by atoms with Crippen molar-refractivity contribution in [3.63, 3.8) is 0 Å². The third-order valence-electron chi connectivity index (χ3n) is 3.44. The van der Waals surface area contributed by atoms with E-state index in [4.69, 9.17) is 16.3 Å². The van der Waals surface area contributed by atoms with Crippen molar-refractivity contribution in [3.05, 3.63) is 71.3 Å². The molecule has 0 atom stereocenters. The van der Waals surface area contributed by atoms with Gasteiger partial charge in [-0.1, -0.05) is 23.7 Å². The highest BCUT2D eigenvalue weighted by Gasteiger charge is 2.10. The molecule has 24 heavy (non-hydrogen) atoms. The van der Waals surface area contributed by atoms with Gasteiger partial charge in [-0.15, -0.1) is 0 Å². The van der Waals surface area contributed by atoms with Crippen LogP contribution >= 0.6 is 11.6 Å². The number of hydrogen-bond donors (Lipinski definition) is 1. The Kier molecular flexibility index (Phi) is 4.77. The predicted molar refractivity (Wildman–Crippen MR) is 91.5 cm³/mol. The molecular formula is C17H15ClN4O2. The fourth-order valence-corrected chi connectivity index (χ4v) is 2.41. The molecule has 0 spiro atoms. The van der Waals surface area contributed by atoms with E-state index in [1.165, 1.54) is 13.4 Å². The number of aromatic nitrogens is 3. The number of carbonyl (C=O) groups excluding carboxylic acids is 1. The van der Waals surface area contributed by atoms with Crippen LogP contribution in [-0.2, 0) is 6.54 Å². The summed E-state index contributed by atoms with van der Waals surface area (Å²) in [5.41, 5.74) is 2.10. The first kappa shape index (κ1) is 16.0. The van der Waals surface area contributed by atoms with Crippen molar-refractivity contribution in [2.75, 3.05) is 12.4 Å². The molecule has 1 amide bonds. The standard InChI is InChI=1S/C17H15ClN4O2/c1-24-16-7-6-14(18)8-15(16)21-17(23)13-4-2-12(3-5-13)9-22-11-19-10-20-22/h2-8,10-11H,9H2,1H3,(H,21,23). The lowest BCUT2D eigenvalue weighted by Gasteiger charge is -2.11. The minimum atomic E-state index is -0.233. The third-order valence-corrected chi connectivity index (χ3v) is 3.67. The van der Waals surface area contributed by atoms with Gasteiger partial charge in [0.1, 0.15) is 18.4 Å². The first-order valence-electron chi connectivity index (χ1n) is 7.22. The molecule has 0 aliphatic heterocycles. The molecule has 1 aromatic heterocycles. The lowest BCUT2D eigenvalue weighted by atomic mass is 10.1. The summed E-state index contributed by atoms with van der Waals surface area (Å²) in [6.45, 7) is 0.601. The normalized spacial score (nSPS) is 10.4. The average molecular weight is 343 g/mol. The van der Waals surface area contributed by atoms with E-state index in [9.17, 15) is 4.79 Å². The smallest absolute Gasteiger partial charge is 0.255 e. The van der Waals surface area contributed by atoms with Gasteiger partial charge in [0.25, 0.3) is 5.91 Å². The minimum Gasteiger partial charge on any atom is -0.495 e. The monoisotopic (exact) mass is 342 g/mol. The lowest BCUT2D eigenvalue weighted by molar-refractivity contribution is 0.102. The van der Waals surface area contributed by atoms with Gasteiger partial charge in [-0.25, -0.2) is 9.67 Å². The molecule has 2 aromatic carbocycles. The van der Waals surface area contributed by atoms with Crippen LogP contribution in [0.3, 0.4) is 0 Å². The largest absolute Gasteiger partial charge is 0.495 e. The van der Waals surface area contributed by atoms with Gasteiger partial charge in [-0.05, 0) is 35.9 Å². The van der Waals surface area contributed by atoms with Gasteiger partial charge in [0, 0.05) is 10.6 Å². The number of hydrogen-bond acceptors (Lipinski definition) is 4. The Labute approximate surface area is 144 Å². The highest BCUT2D eigenvalue weighted by atomic mass is 35.5. The van der Waals surface area contributed by atoms with Gasteiger partial charge in [-0.2, -0.15) is 5.10 Å². The van der Waals surface area contributed by atoms with Crippen LogP contribution in [0.25, 0.3) is 0 Å². The van der Waals surface area contributed by atoms with Crippen molar-refractivity contribution < 1.29 is 9.53 Å². The van der Waals surface area contributed by atoms with Gasteiger partial charge in [0.05, 0.1) is 19.3 Å². The molecule has 3 rings (SSSR count). The summed E-state index contributed by atoms with van der Waals surface area (Å²) in [4.78, 5) is 16.3. The van der Waals surface area contributed by atoms with E-state index >= 15 is 0 Å². The highest BCUT2D eigenvalue weighted by molar-refractivity contribution is 6.31. The number of benzene rings is 2. The molecule has 0 radical (unpaired) electrons. The number of rotatable bonds is 5. The number of ether oxygens (including phenoxy) is 1. The summed E-state index contributed by atoms with van der Waals surface area (Å²) >= 11 is 5.97. The summed E-state index contributed by atoms with van der Waals surface area (Å²) < 4.78 is 6.94. The second-order valence-corrected chi connectivity index (χ2v) is 5.53. The van der Waals surface area contributed by atoms with Crippen LogP contribution in [0.15, 0.2) is 55.1 Å². The molecule has 0 saturated heterocycles. The Hall–Kier alpha value is -2.86. The molecular weight excluding hydrogens is 328 g/mol. The van der Waals surface area contributed by atoms with Crippen LogP contribution in [-0.4, -0.2) is 27.8 Å². The molecule has 1 heterocycles. The van der Waals surface area contributed by atoms with E-state index in [2.05, 4.69) is 15.4 Å². The molecule has 7 heteroatoms. The predicted octanol–water partition coefficient (Wildman–Crippen LogP) is 3.24. The molecule has 0 aliphatic rings. The Morgan fingerprint density at radius 2 is 2.04 bits per heavy atom. The van der Waals surface area contributed by atoms with Gasteiger partial charge in [-0.3, -0.25) is 4.79 Å². The maximum atomic E-state index is 12.4. The number of anilines is 1. The van der Waals surface area contributed by atoms with Crippen molar-refractivity contribution >= 4 is 23.2 Å².